The number of aliphatic hydroxyl groups excluding tert-OH is 1. The lowest BCUT2D eigenvalue weighted by Crippen LogP contribution is -2.57. The van der Waals surface area contributed by atoms with Gasteiger partial charge in [-0.2, -0.15) is 0 Å². The molecule has 2 amide bonds. The van der Waals surface area contributed by atoms with E-state index in [2.05, 4.69) is 10.3 Å². The zero-order valence-electron chi connectivity index (χ0n) is 13.5. The number of ether oxygens (including phenoxy) is 2. The molecule has 8 heteroatoms. The Bertz CT molecular complexity index is 590. The highest BCUT2D eigenvalue weighted by Gasteiger charge is 2.48. The van der Waals surface area contributed by atoms with Crippen LogP contribution in [-0.2, 0) is 15.9 Å². The summed E-state index contributed by atoms with van der Waals surface area (Å²) in [6, 6.07) is 0.211. The topological polar surface area (TPSA) is 83.9 Å². The first-order valence-corrected chi connectivity index (χ1v) is 9.37. The Morgan fingerprint density at radius 2 is 2.38 bits per heavy atom. The minimum Gasteiger partial charge on any atom is -0.396 e. The van der Waals surface area contributed by atoms with E-state index in [0.717, 1.165) is 30.7 Å². The number of aromatic nitrogens is 1. The second-order valence-corrected chi connectivity index (χ2v) is 7.95. The van der Waals surface area contributed by atoms with Gasteiger partial charge >= 0.3 is 6.03 Å². The van der Waals surface area contributed by atoms with E-state index in [-0.39, 0.29) is 24.8 Å². The van der Waals surface area contributed by atoms with Gasteiger partial charge in [-0.15, -0.1) is 11.3 Å². The van der Waals surface area contributed by atoms with Gasteiger partial charge in [-0.3, -0.25) is 5.32 Å². The van der Waals surface area contributed by atoms with E-state index >= 15 is 0 Å². The van der Waals surface area contributed by atoms with Gasteiger partial charge in [-0.25, -0.2) is 9.78 Å². The van der Waals surface area contributed by atoms with Crippen LogP contribution in [0, 0.1) is 11.8 Å². The van der Waals surface area contributed by atoms with Crippen LogP contribution in [0.2, 0.25) is 0 Å². The molecule has 4 rings (SSSR count). The predicted octanol–water partition coefficient (Wildman–Crippen LogP) is 1.34. The van der Waals surface area contributed by atoms with Gasteiger partial charge in [-0.1, -0.05) is 0 Å². The molecular formula is C16H23N3O4S. The molecule has 1 aromatic heterocycles. The SMILES string of the molecule is O=C(Nc1ncc(CC2COCCO2)s1)N1C[C@@H]2C[C@@H](CO)C[C@@H]21. The highest BCUT2D eigenvalue weighted by molar-refractivity contribution is 7.15. The number of amides is 2. The van der Waals surface area contributed by atoms with Crippen LogP contribution < -0.4 is 5.32 Å². The molecule has 3 heterocycles. The zero-order chi connectivity index (χ0) is 16.5. The molecule has 7 nitrogen and oxygen atoms in total. The number of nitrogens with zero attached hydrogens (tertiary/aromatic N) is 2. The lowest BCUT2D eigenvalue weighted by atomic mass is 9.92. The normalized spacial score (nSPS) is 32.3. The molecule has 1 saturated carbocycles. The predicted molar refractivity (Wildman–Crippen MR) is 89.2 cm³/mol. The average Bonchev–Trinajstić information content (AvgIpc) is 3.13. The number of rotatable bonds is 4. The van der Waals surface area contributed by atoms with Crippen molar-refractivity contribution in [3.8, 4) is 0 Å². The summed E-state index contributed by atoms with van der Waals surface area (Å²) >= 11 is 1.49. The Balaban J connectivity index is 1.29. The second-order valence-electron chi connectivity index (χ2n) is 6.83. The van der Waals surface area contributed by atoms with Gasteiger partial charge < -0.3 is 19.5 Å². The van der Waals surface area contributed by atoms with Crippen LogP contribution >= 0.6 is 11.3 Å². The van der Waals surface area contributed by atoms with E-state index < -0.39 is 0 Å². The molecule has 2 saturated heterocycles. The van der Waals surface area contributed by atoms with Gasteiger partial charge in [0.15, 0.2) is 5.13 Å². The first-order chi connectivity index (χ1) is 11.7. The van der Waals surface area contributed by atoms with E-state index in [1.165, 1.54) is 11.3 Å². The maximum atomic E-state index is 12.4. The molecule has 132 valence electrons. The van der Waals surface area contributed by atoms with E-state index in [1.807, 2.05) is 4.90 Å². The summed E-state index contributed by atoms with van der Waals surface area (Å²) in [5.41, 5.74) is 0. The van der Waals surface area contributed by atoms with E-state index in [4.69, 9.17) is 9.47 Å². The monoisotopic (exact) mass is 353 g/mol. The number of likely N-dealkylation sites (tertiary alicyclic amines) is 1. The summed E-state index contributed by atoms with van der Waals surface area (Å²) in [7, 11) is 0. The number of carbonyl (C=O) groups excluding carboxylic acids is 1. The van der Waals surface area contributed by atoms with Crippen LogP contribution in [0.15, 0.2) is 6.20 Å². The minimum absolute atomic E-state index is 0.0759. The van der Waals surface area contributed by atoms with Crippen molar-refractivity contribution in [1.29, 1.82) is 0 Å². The van der Waals surface area contributed by atoms with Gasteiger partial charge in [-0.05, 0) is 24.7 Å². The van der Waals surface area contributed by atoms with E-state index in [1.54, 1.807) is 6.20 Å². The van der Waals surface area contributed by atoms with Gasteiger partial charge in [0.25, 0.3) is 0 Å². The van der Waals surface area contributed by atoms with Crippen LogP contribution in [0.25, 0.3) is 0 Å². The number of fused-ring (bicyclic) bond motifs is 1. The van der Waals surface area contributed by atoms with Crippen LogP contribution in [0.3, 0.4) is 0 Å². The fourth-order valence-electron chi connectivity index (χ4n) is 3.93. The fraction of sp³-hybridized carbons (Fsp3) is 0.750. The average molecular weight is 353 g/mol. The molecule has 1 aromatic rings. The highest BCUT2D eigenvalue weighted by Crippen LogP contribution is 2.42. The van der Waals surface area contributed by atoms with Crippen molar-refractivity contribution < 1.29 is 19.4 Å². The molecule has 0 bridgehead atoms. The van der Waals surface area contributed by atoms with Crippen LogP contribution in [0.4, 0.5) is 9.93 Å². The van der Waals surface area contributed by atoms with Gasteiger partial charge in [0, 0.05) is 36.7 Å². The van der Waals surface area contributed by atoms with Crippen molar-refractivity contribution in [1.82, 2.24) is 9.88 Å². The molecule has 3 fully saturated rings. The lowest BCUT2D eigenvalue weighted by Gasteiger charge is -2.44. The van der Waals surface area contributed by atoms with Gasteiger partial charge in [0.05, 0.1) is 25.9 Å². The zero-order valence-corrected chi connectivity index (χ0v) is 14.3. The third-order valence-corrected chi connectivity index (χ3v) is 6.12. The van der Waals surface area contributed by atoms with Crippen molar-refractivity contribution in [3.63, 3.8) is 0 Å². The van der Waals surface area contributed by atoms with Crippen molar-refractivity contribution in [2.45, 2.75) is 31.4 Å². The third kappa shape index (κ3) is 3.28. The molecule has 2 aliphatic heterocycles. The number of thiazole rings is 1. The number of carbonyl (C=O) groups is 1. The van der Waals surface area contributed by atoms with E-state index in [9.17, 15) is 9.90 Å². The van der Waals surface area contributed by atoms with Crippen molar-refractivity contribution in [2.75, 3.05) is 38.3 Å². The van der Waals surface area contributed by atoms with Crippen LogP contribution in [0.5, 0.6) is 0 Å². The molecule has 24 heavy (non-hydrogen) atoms. The Kier molecular flexibility index (Phi) is 4.71. The smallest absolute Gasteiger partial charge is 0.323 e. The molecule has 1 aliphatic carbocycles. The molecule has 4 atom stereocenters. The molecule has 0 spiro atoms. The third-order valence-electron chi connectivity index (χ3n) is 5.19. The van der Waals surface area contributed by atoms with Crippen LogP contribution in [-0.4, -0.2) is 66.1 Å². The van der Waals surface area contributed by atoms with Gasteiger partial charge in [0.2, 0.25) is 0 Å². The minimum atomic E-state index is -0.0759. The number of urea groups is 1. The highest BCUT2D eigenvalue weighted by atomic mass is 32.1. The first kappa shape index (κ1) is 16.3. The van der Waals surface area contributed by atoms with Crippen molar-refractivity contribution in [2.24, 2.45) is 11.8 Å². The lowest BCUT2D eigenvalue weighted by molar-refractivity contribution is -0.0869. The molecule has 3 aliphatic rings. The number of hydrogen-bond donors (Lipinski definition) is 2. The molecule has 0 radical (unpaired) electrons. The summed E-state index contributed by atoms with van der Waals surface area (Å²) in [6.45, 7) is 2.93. The summed E-state index contributed by atoms with van der Waals surface area (Å²) in [4.78, 5) is 19.7. The Hall–Kier alpha value is -1.22. The first-order valence-electron chi connectivity index (χ1n) is 8.55. The van der Waals surface area contributed by atoms with Crippen LogP contribution in [0.1, 0.15) is 17.7 Å². The number of aliphatic hydroxyl groups is 1. The molecule has 1 unspecified atom stereocenters. The summed E-state index contributed by atoms with van der Waals surface area (Å²) in [5, 5.41) is 12.8. The fourth-order valence-corrected chi connectivity index (χ4v) is 4.79. The quantitative estimate of drug-likeness (QED) is 0.853. The summed E-state index contributed by atoms with van der Waals surface area (Å²) in [5.74, 6) is 0.908. The van der Waals surface area contributed by atoms with Crippen molar-refractivity contribution in [3.05, 3.63) is 11.1 Å². The standard InChI is InChI=1S/C16H23N3O4S/c20-8-10-3-11-7-19(14(11)4-10)16(21)18-15-17-6-13(24-15)5-12-9-22-1-2-23-12/h6,10-12,14,20H,1-5,7-9H2,(H,17,18,21)/t10-,11+,12?,14+/m1/s1. The van der Waals surface area contributed by atoms with E-state index in [0.29, 0.717) is 36.8 Å². The maximum absolute atomic E-state index is 12.4. The number of nitrogens with one attached hydrogen (secondary N) is 1. The summed E-state index contributed by atoms with van der Waals surface area (Å²) < 4.78 is 11.0. The molecular weight excluding hydrogens is 330 g/mol. The largest absolute Gasteiger partial charge is 0.396 e. The van der Waals surface area contributed by atoms with Gasteiger partial charge in [0.1, 0.15) is 0 Å². The van der Waals surface area contributed by atoms with Crippen molar-refractivity contribution >= 4 is 22.5 Å². The second kappa shape index (κ2) is 6.95. The summed E-state index contributed by atoms with van der Waals surface area (Å²) in [6.07, 6.45) is 4.59. The molecule has 2 N–H and O–H groups in total. The number of anilines is 1. The Labute approximate surface area is 145 Å². The Morgan fingerprint density at radius 3 is 3.17 bits per heavy atom. The maximum Gasteiger partial charge on any atom is 0.323 e. The molecule has 0 aromatic carbocycles. The number of hydrogen-bond acceptors (Lipinski definition) is 6. The Morgan fingerprint density at radius 1 is 1.46 bits per heavy atom.